The van der Waals surface area contributed by atoms with Gasteiger partial charge in [0, 0.05) is 0 Å². The van der Waals surface area contributed by atoms with Crippen molar-refractivity contribution in [1.29, 1.82) is 0 Å². The second-order valence-electron chi connectivity index (χ2n) is 4.54. The lowest BCUT2D eigenvalue weighted by molar-refractivity contribution is -0.136. The fourth-order valence-corrected chi connectivity index (χ4v) is 1.78. The molecule has 0 atom stereocenters. The second-order valence-corrected chi connectivity index (χ2v) is 4.54. The van der Waals surface area contributed by atoms with Gasteiger partial charge in [-0.25, -0.2) is 9.59 Å². The van der Waals surface area contributed by atoms with Crippen LogP contribution in [0.25, 0.3) is 0 Å². The predicted molar refractivity (Wildman–Crippen MR) is 79.6 cm³/mol. The summed E-state index contributed by atoms with van der Waals surface area (Å²) < 4.78 is 0. The zero-order valence-corrected chi connectivity index (χ0v) is 12.3. The molecule has 4 heteroatoms. The standard InChI is InChI=1S/C16H24O4/c1-3-5-7-8-9-10-12-14(16(19)20)13(15(17)18)11-6-4-2/h4,6,11-12H,3,5,7-10H2,1-2H3,(H,17,18)(H,19,20). The molecule has 0 radical (unpaired) electrons. The normalized spacial score (nSPS) is 12.9. The van der Waals surface area contributed by atoms with Gasteiger partial charge in [0.15, 0.2) is 0 Å². The number of rotatable bonds is 10. The first kappa shape index (κ1) is 18.2. The molecule has 0 aliphatic carbocycles. The van der Waals surface area contributed by atoms with E-state index in [4.69, 9.17) is 10.2 Å². The molecular formula is C16H24O4. The van der Waals surface area contributed by atoms with Crippen molar-refractivity contribution >= 4 is 11.9 Å². The monoisotopic (exact) mass is 280 g/mol. The molecule has 112 valence electrons. The molecule has 4 nitrogen and oxygen atoms in total. The van der Waals surface area contributed by atoms with Crippen LogP contribution in [0.4, 0.5) is 0 Å². The van der Waals surface area contributed by atoms with Crippen LogP contribution in [0.1, 0.15) is 52.4 Å². The Morgan fingerprint density at radius 2 is 1.55 bits per heavy atom. The van der Waals surface area contributed by atoms with Crippen LogP contribution >= 0.6 is 0 Å². The molecule has 0 saturated carbocycles. The summed E-state index contributed by atoms with van der Waals surface area (Å²) in [5.74, 6) is -2.42. The summed E-state index contributed by atoms with van der Waals surface area (Å²) >= 11 is 0. The first-order valence-electron chi connectivity index (χ1n) is 7.04. The highest BCUT2D eigenvalue weighted by Gasteiger charge is 2.18. The molecule has 0 rings (SSSR count). The third-order valence-corrected chi connectivity index (χ3v) is 2.86. The zero-order valence-electron chi connectivity index (χ0n) is 12.3. The van der Waals surface area contributed by atoms with Crippen molar-refractivity contribution in [2.24, 2.45) is 0 Å². The summed E-state index contributed by atoms with van der Waals surface area (Å²) in [5.41, 5.74) is -0.310. The van der Waals surface area contributed by atoms with Crippen LogP contribution in [0.5, 0.6) is 0 Å². The van der Waals surface area contributed by atoms with Crippen LogP contribution in [-0.2, 0) is 9.59 Å². The highest BCUT2D eigenvalue weighted by Crippen LogP contribution is 2.14. The van der Waals surface area contributed by atoms with E-state index in [1.165, 1.54) is 24.6 Å². The van der Waals surface area contributed by atoms with Gasteiger partial charge in [0.05, 0.1) is 11.1 Å². The lowest BCUT2D eigenvalue weighted by atomic mass is 10.0. The number of hydrogen-bond acceptors (Lipinski definition) is 2. The molecule has 0 aliphatic rings. The zero-order chi connectivity index (χ0) is 15.4. The summed E-state index contributed by atoms with van der Waals surface area (Å²) in [5, 5.41) is 18.2. The van der Waals surface area contributed by atoms with Crippen molar-refractivity contribution in [3.05, 3.63) is 35.5 Å². The number of unbranched alkanes of at least 4 members (excludes halogenated alkanes) is 5. The van der Waals surface area contributed by atoms with Crippen molar-refractivity contribution in [3.63, 3.8) is 0 Å². The van der Waals surface area contributed by atoms with Gasteiger partial charge in [-0.3, -0.25) is 0 Å². The molecule has 0 aromatic heterocycles. The van der Waals surface area contributed by atoms with Crippen LogP contribution in [0.15, 0.2) is 35.5 Å². The fraction of sp³-hybridized carbons (Fsp3) is 0.500. The van der Waals surface area contributed by atoms with Crippen LogP contribution in [0.2, 0.25) is 0 Å². The second kappa shape index (κ2) is 11.0. The summed E-state index contributed by atoms with van der Waals surface area (Å²) in [4.78, 5) is 22.3. The number of carboxylic acid groups (broad SMARTS) is 2. The van der Waals surface area contributed by atoms with Crippen molar-refractivity contribution in [2.75, 3.05) is 0 Å². The van der Waals surface area contributed by atoms with Crippen molar-refractivity contribution < 1.29 is 19.8 Å². The lowest BCUT2D eigenvalue weighted by Gasteiger charge is -2.03. The van der Waals surface area contributed by atoms with Gasteiger partial charge in [-0.05, 0) is 25.8 Å². The van der Waals surface area contributed by atoms with Gasteiger partial charge < -0.3 is 10.2 Å². The molecule has 0 bridgehead atoms. The van der Waals surface area contributed by atoms with E-state index < -0.39 is 11.9 Å². The van der Waals surface area contributed by atoms with Gasteiger partial charge in [-0.2, -0.15) is 0 Å². The molecule has 0 saturated heterocycles. The van der Waals surface area contributed by atoms with Gasteiger partial charge in [0.2, 0.25) is 0 Å². The summed E-state index contributed by atoms with van der Waals surface area (Å²) in [6.07, 6.45) is 12.0. The number of aliphatic carboxylic acids is 2. The maximum atomic E-state index is 11.2. The van der Waals surface area contributed by atoms with Gasteiger partial charge in [0.25, 0.3) is 0 Å². The van der Waals surface area contributed by atoms with E-state index in [9.17, 15) is 9.59 Å². The predicted octanol–water partition coefficient (Wildman–Crippen LogP) is 3.95. The minimum absolute atomic E-state index is 0.133. The molecule has 2 N–H and O–H groups in total. The van der Waals surface area contributed by atoms with E-state index >= 15 is 0 Å². The molecule has 0 unspecified atom stereocenters. The molecule has 0 heterocycles. The largest absolute Gasteiger partial charge is 0.478 e. The van der Waals surface area contributed by atoms with E-state index in [2.05, 4.69) is 6.92 Å². The summed E-state index contributed by atoms with van der Waals surface area (Å²) in [7, 11) is 0. The van der Waals surface area contributed by atoms with E-state index in [-0.39, 0.29) is 11.1 Å². The first-order valence-corrected chi connectivity index (χ1v) is 7.04. The Labute approximate surface area is 120 Å². The Morgan fingerprint density at radius 3 is 2.05 bits per heavy atom. The van der Waals surface area contributed by atoms with Gasteiger partial charge in [-0.15, -0.1) is 0 Å². The smallest absolute Gasteiger partial charge is 0.336 e. The van der Waals surface area contributed by atoms with Crippen LogP contribution in [0.3, 0.4) is 0 Å². The Balaban J connectivity index is 4.76. The van der Waals surface area contributed by atoms with E-state index in [0.717, 1.165) is 25.7 Å². The average Bonchev–Trinajstić information content (AvgIpc) is 2.39. The molecule has 20 heavy (non-hydrogen) atoms. The SMILES string of the molecule is CC=CC=C(C(=O)O)C(=CCCCCCCC)C(=O)O. The van der Waals surface area contributed by atoms with Crippen molar-refractivity contribution in [1.82, 2.24) is 0 Å². The number of carboxylic acids is 2. The number of allylic oxidation sites excluding steroid dienone is 4. The summed E-state index contributed by atoms with van der Waals surface area (Å²) in [6, 6.07) is 0. The highest BCUT2D eigenvalue weighted by atomic mass is 16.4. The van der Waals surface area contributed by atoms with Gasteiger partial charge in [0.1, 0.15) is 0 Å². The van der Waals surface area contributed by atoms with Gasteiger partial charge >= 0.3 is 11.9 Å². The first-order chi connectivity index (χ1) is 9.54. The quantitative estimate of drug-likeness (QED) is 0.361. The summed E-state index contributed by atoms with van der Waals surface area (Å²) in [6.45, 7) is 3.88. The van der Waals surface area contributed by atoms with Crippen LogP contribution < -0.4 is 0 Å². The number of carbonyl (C=O) groups is 2. The lowest BCUT2D eigenvalue weighted by Crippen LogP contribution is -2.11. The minimum Gasteiger partial charge on any atom is -0.478 e. The molecule has 0 spiro atoms. The Bertz CT molecular complexity index is 403. The van der Waals surface area contributed by atoms with E-state index in [0.29, 0.717) is 6.42 Å². The molecular weight excluding hydrogens is 256 g/mol. The van der Waals surface area contributed by atoms with Crippen molar-refractivity contribution in [3.8, 4) is 0 Å². The maximum Gasteiger partial charge on any atom is 0.336 e. The Kier molecular flexibility index (Phi) is 10.0. The fourth-order valence-electron chi connectivity index (χ4n) is 1.78. The van der Waals surface area contributed by atoms with Crippen LogP contribution in [-0.4, -0.2) is 22.2 Å². The third-order valence-electron chi connectivity index (χ3n) is 2.86. The Morgan fingerprint density at radius 1 is 0.950 bits per heavy atom. The minimum atomic E-state index is -1.22. The van der Waals surface area contributed by atoms with Crippen molar-refractivity contribution in [2.45, 2.75) is 52.4 Å². The number of hydrogen-bond donors (Lipinski definition) is 2. The molecule has 0 aromatic carbocycles. The third kappa shape index (κ3) is 7.56. The van der Waals surface area contributed by atoms with E-state index in [1.807, 2.05) is 0 Å². The maximum absolute atomic E-state index is 11.2. The molecule has 0 fully saturated rings. The topological polar surface area (TPSA) is 74.6 Å². The molecule has 0 amide bonds. The van der Waals surface area contributed by atoms with Crippen LogP contribution in [0, 0.1) is 0 Å². The van der Waals surface area contributed by atoms with E-state index in [1.54, 1.807) is 13.0 Å². The highest BCUT2D eigenvalue weighted by molar-refractivity contribution is 6.05. The molecule has 0 aromatic rings. The molecule has 0 aliphatic heterocycles. The van der Waals surface area contributed by atoms with Gasteiger partial charge in [-0.1, -0.05) is 50.8 Å². The average molecular weight is 280 g/mol. The Hall–Kier alpha value is -1.84.